The summed E-state index contributed by atoms with van der Waals surface area (Å²) in [5.74, 6) is 0.887. The number of nitrogens with zero attached hydrogens (tertiary/aromatic N) is 1. The number of fused-ring (bicyclic) bond motifs is 1. The molecule has 0 amide bonds. The minimum atomic E-state index is 0.0697. The molecule has 0 saturated carbocycles. The largest absolute Gasteiger partial charge is 0.496 e. The first kappa shape index (κ1) is 12.0. The first-order valence-electron chi connectivity index (χ1n) is 5.67. The van der Waals surface area contributed by atoms with E-state index in [9.17, 15) is 0 Å². The minimum Gasteiger partial charge on any atom is -0.496 e. The molecular weight excluding hydrogens is 218 g/mol. The van der Waals surface area contributed by atoms with E-state index in [1.807, 2.05) is 24.4 Å². The van der Waals surface area contributed by atoms with E-state index in [-0.39, 0.29) is 6.61 Å². The first-order valence-corrected chi connectivity index (χ1v) is 5.67. The van der Waals surface area contributed by atoms with Crippen molar-refractivity contribution in [3.63, 3.8) is 0 Å². The van der Waals surface area contributed by atoms with Gasteiger partial charge in [-0.2, -0.15) is 0 Å². The Morgan fingerprint density at radius 2 is 2.12 bits per heavy atom. The molecule has 4 heteroatoms. The molecule has 1 aromatic carbocycles. The van der Waals surface area contributed by atoms with Gasteiger partial charge < -0.3 is 19.1 Å². The van der Waals surface area contributed by atoms with Crippen LogP contribution >= 0.6 is 0 Å². The zero-order valence-electron chi connectivity index (χ0n) is 9.93. The van der Waals surface area contributed by atoms with Crippen LogP contribution in [0.5, 0.6) is 5.75 Å². The molecular formula is C13H17NO3. The van der Waals surface area contributed by atoms with Gasteiger partial charge in [-0.25, -0.2) is 0 Å². The third-order valence-electron chi connectivity index (χ3n) is 2.71. The van der Waals surface area contributed by atoms with Crippen LogP contribution in [-0.4, -0.2) is 36.6 Å². The lowest BCUT2D eigenvalue weighted by Gasteiger charge is -2.07. The summed E-state index contributed by atoms with van der Waals surface area (Å²) < 4.78 is 12.7. The van der Waals surface area contributed by atoms with E-state index in [1.54, 1.807) is 7.11 Å². The Labute approximate surface area is 100 Å². The molecule has 0 spiro atoms. The van der Waals surface area contributed by atoms with Gasteiger partial charge in [-0.1, -0.05) is 6.07 Å². The standard InChI is InChI=1S/C13H17NO3/c1-16-13-4-2-3-12-11(13)5-6-14(12)7-9-17-10-8-15/h2-6,15H,7-10H2,1H3. The number of aliphatic hydroxyl groups is 1. The fourth-order valence-corrected chi connectivity index (χ4v) is 1.90. The molecule has 0 atom stereocenters. The van der Waals surface area contributed by atoms with Crippen LogP contribution in [0.2, 0.25) is 0 Å². The van der Waals surface area contributed by atoms with Crippen molar-refractivity contribution in [3.8, 4) is 5.75 Å². The maximum atomic E-state index is 8.62. The van der Waals surface area contributed by atoms with Gasteiger partial charge in [0.2, 0.25) is 0 Å². The van der Waals surface area contributed by atoms with Crippen molar-refractivity contribution in [2.75, 3.05) is 26.9 Å². The molecule has 17 heavy (non-hydrogen) atoms. The van der Waals surface area contributed by atoms with Crippen molar-refractivity contribution in [1.82, 2.24) is 4.57 Å². The highest BCUT2D eigenvalue weighted by atomic mass is 16.5. The van der Waals surface area contributed by atoms with Crippen molar-refractivity contribution in [2.24, 2.45) is 0 Å². The lowest BCUT2D eigenvalue weighted by molar-refractivity contribution is 0.0875. The summed E-state index contributed by atoms with van der Waals surface area (Å²) in [5, 5.41) is 9.72. The molecule has 2 rings (SSSR count). The normalized spacial score (nSPS) is 10.9. The van der Waals surface area contributed by atoms with Crippen LogP contribution < -0.4 is 4.74 Å². The van der Waals surface area contributed by atoms with Crippen LogP contribution in [0, 0.1) is 0 Å². The van der Waals surface area contributed by atoms with E-state index in [0.29, 0.717) is 13.2 Å². The number of rotatable bonds is 6. The number of aromatic nitrogens is 1. The average Bonchev–Trinajstić information content (AvgIpc) is 2.78. The summed E-state index contributed by atoms with van der Waals surface area (Å²) in [7, 11) is 1.68. The maximum absolute atomic E-state index is 8.62. The second kappa shape index (κ2) is 5.70. The molecule has 1 heterocycles. The van der Waals surface area contributed by atoms with Crippen LogP contribution in [-0.2, 0) is 11.3 Å². The topological polar surface area (TPSA) is 43.6 Å². The lowest BCUT2D eigenvalue weighted by atomic mass is 10.2. The highest BCUT2D eigenvalue weighted by Gasteiger charge is 2.05. The molecule has 0 fully saturated rings. The molecule has 2 aromatic rings. The van der Waals surface area contributed by atoms with Crippen LogP contribution in [0.1, 0.15) is 0 Å². The summed E-state index contributed by atoms with van der Waals surface area (Å²) in [6, 6.07) is 8.03. The average molecular weight is 235 g/mol. The second-order valence-electron chi connectivity index (χ2n) is 3.74. The molecule has 4 nitrogen and oxygen atoms in total. The Hall–Kier alpha value is -1.52. The van der Waals surface area contributed by atoms with Crippen LogP contribution in [0.15, 0.2) is 30.5 Å². The van der Waals surface area contributed by atoms with Gasteiger partial charge in [0.05, 0.1) is 32.4 Å². The quantitative estimate of drug-likeness (QED) is 0.774. The molecule has 0 unspecified atom stereocenters. The van der Waals surface area contributed by atoms with E-state index >= 15 is 0 Å². The van der Waals surface area contributed by atoms with Crippen LogP contribution in [0.4, 0.5) is 0 Å². The predicted octanol–water partition coefficient (Wildman–Crippen LogP) is 1.66. The number of hydrogen-bond donors (Lipinski definition) is 1. The Bertz CT molecular complexity index is 478. The van der Waals surface area contributed by atoms with E-state index < -0.39 is 0 Å². The van der Waals surface area contributed by atoms with Gasteiger partial charge in [-0.15, -0.1) is 0 Å². The van der Waals surface area contributed by atoms with Gasteiger partial charge in [0.25, 0.3) is 0 Å². The van der Waals surface area contributed by atoms with Crippen LogP contribution in [0.3, 0.4) is 0 Å². The molecule has 0 aliphatic rings. The van der Waals surface area contributed by atoms with E-state index in [1.165, 1.54) is 0 Å². The first-order chi connectivity index (χ1) is 8.36. The SMILES string of the molecule is COc1cccc2c1ccn2CCOCCO. The summed E-state index contributed by atoms with van der Waals surface area (Å²) in [5.41, 5.74) is 1.14. The predicted molar refractivity (Wildman–Crippen MR) is 66.4 cm³/mol. The van der Waals surface area contributed by atoms with Crippen molar-refractivity contribution in [3.05, 3.63) is 30.5 Å². The van der Waals surface area contributed by atoms with Gasteiger partial charge >= 0.3 is 0 Å². The van der Waals surface area contributed by atoms with E-state index in [2.05, 4.69) is 10.6 Å². The van der Waals surface area contributed by atoms with E-state index in [4.69, 9.17) is 14.6 Å². The highest BCUT2D eigenvalue weighted by molar-refractivity contribution is 5.86. The van der Waals surface area contributed by atoms with Crippen molar-refractivity contribution >= 4 is 10.9 Å². The number of methoxy groups -OCH3 is 1. The van der Waals surface area contributed by atoms with Gasteiger partial charge in [-0.05, 0) is 18.2 Å². The minimum absolute atomic E-state index is 0.0697. The molecule has 92 valence electrons. The zero-order chi connectivity index (χ0) is 12.1. The molecule has 0 aliphatic heterocycles. The third kappa shape index (κ3) is 2.60. The number of hydrogen-bond acceptors (Lipinski definition) is 3. The highest BCUT2D eigenvalue weighted by Crippen LogP contribution is 2.25. The number of aliphatic hydroxyl groups excluding tert-OH is 1. The molecule has 0 saturated heterocycles. The Kier molecular flexibility index (Phi) is 4.01. The zero-order valence-corrected chi connectivity index (χ0v) is 9.93. The van der Waals surface area contributed by atoms with Gasteiger partial charge in [-0.3, -0.25) is 0 Å². The van der Waals surface area contributed by atoms with Crippen molar-refractivity contribution in [2.45, 2.75) is 6.54 Å². The smallest absolute Gasteiger partial charge is 0.128 e. The summed E-state index contributed by atoms with van der Waals surface area (Å²) in [4.78, 5) is 0. The van der Waals surface area contributed by atoms with E-state index in [0.717, 1.165) is 23.2 Å². The third-order valence-corrected chi connectivity index (χ3v) is 2.71. The molecule has 0 bridgehead atoms. The molecule has 0 aliphatic carbocycles. The fraction of sp³-hybridized carbons (Fsp3) is 0.385. The Balaban J connectivity index is 2.13. The molecule has 0 radical (unpaired) electrons. The molecule has 1 N–H and O–H groups in total. The van der Waals surface area contributed by atoms with Gasteiger partial charge in [0, 0.05) is 18.1 Å². The lowest BCUT2D eigenvalue weighted by Crippen LogP contribution is -2.07. The number of benzene rings is 1. The maximum Gasteiger partial charge on any atom is 0.128 e. The summed E-state index contributed by atoms with van der Waals surface area (Å²) >= 11 is 0. The van der Waals surface area contributed by atoms with Gasteiger partial charge in [0.15, 0.2) is 0 Å². The van der Waals surface area contributed by atoms with Crippen LogP contribution in [0.25, 0.3) is 10.9 Å². The Morgan fingerprint density at radius 3 is 2.88 bits per heavy atom. The molecule has 1 aromatic heterocycles. The van der Waals surface area contributed by atoms with Gasteiger partial charge in [0.1, 0.15) is 5.75 Å². The van der Waals surface area contributed by atoms with Crippen molar-refractivity contribution in [1.29, 1.82) is 0 Å². The number of ether oxygens (including phenoxy) is 2. The monoisotopic (exact) mass is 235 g/mol. The summed E-state index contributed by atoms with van der Waals surface area (Å²) in [6.07, 6.45) is 2.02. The fourth-order valence-electron chi connectivity index (χ4n) is 1.90. The Morgan fingerprint density at radius 1 is 1.24 bits per heavy atom. The van der Waals surface area contributed by atoms with Crippen molar-refractivity contribution < 1.29 is 14.6 Å². The second-order valence-corrected chi connectivity index (χ2v) is 3.74. The summed E-state index contributed by atoms with van der Waals surface area (Å²) in [6.45, 7) is 1.83.